The van der Waals surface area contributed by atoms with E-state index in [0.29, 0.717) is 26.8 Å². The van der Waals surface area contributed by atoms with E-state index in [1.54, 1.807) is 12.1 Å². The van der Waals surface area contributed by atoms with E-state index in [0.717, 1.165) is 19.4 Å². The lowest BCUT2D eigenvalue weighted by molar-refractivity contribution is 0.0539. The van der Waals surface area contributed by atoms with E-state index in [-0.39, 0.29) is 18.1 Å². The van der Waals surface area contributed by atoms with Gasteiger partial charge in [-0.1, -0.05) is 11.6 Å². The minimum Gasteiger partial charge on any atom is -0.392 e. The number of aliphatic hydroxyl groups is 2. The zero-order valence-corrected chi connectivity index (χ0v) is 15.3. The smallest absolute Gasteiger partial charge is 0.261 e. The first-order chi connectivity index (χ1) is 11.5. The molecule has 3 atom stereocenters. The molecule has 0 saturated carbocycles. The Hall–Kier alpha value is -0.990. The van der Waals surface area contributed by atoms with Gasteiger partial charge in [0.2, 0.25) is 0 Å². The van der Waals surface area contributed by atoms with Crippen molar-refractivity contribution in [3.63, 3.8) is 0 Å². The summed E-state index contributed by atoms with van der Waals surface area (Å²) in [5.41, 5.74) is 0.303. The Labute approximate surface area is 152 Å². The molecule has 0 radical (unpaired) electrons. The van der Waals surface area contributed by atoms with Gasteiger partial charge >= 0.3 is 0 Å². The zero-order valence-electron chi connectivity index (χ0n) is 13.0. The molecule has 1 fully saturated rings. The third-order valence-corrected chi connectivity index (χ3v) is 5.54. The average molecular weight is 417 g/mol. The van der Waals surface area contributed by atoms with Crippen LogP contribution in [-0.2, 0) is 6.54 Å². The van der Waals surface area contributed by atoms with E-state index in [9.17, 15) is 15.0 Å². The number of rotatable bonds is 4. The van der Waals surface area contributed by atoms with Gasteiger partial charge < -0.3 is 15.5 Å². The summed E-state index contributed by atoms with van der Waals surface area (Å²) >= 11 is 9.36. The summed E-state index contributed by atoms with van der Waals surface area (Å²) < 4.78 is 2.06. The Kier molecular flexibility index (Phi) is 5.56. The number of nitrogens with zero attached hydrogens (tertiary/aromatic N) is 2. The highest BCUT2D eigenvalue weighted by Crippen LogP contribution is 2.25. The van der Waals surface area contributed by atoms with Gasteiger partial charge in [-0.2, -0.15) is 0 Å². The van der Waals surface area contributed by atoms with Crippen LogP contribution in [0, 0.1) is 0 Å². The van der Waals surface area contributed by atoms with Gasteiger partial charge in [0.25, 0.3) is 5.56 Å². The molecule has 1 aliphatic heterocycles. The predicted octanol–water partition coefficient (Wildman–Crippen LogP) is 1.68. The van der Waals surface area contributed by atoms with Crippen LogP contribution in [-0.4, -0.2) is 44.6 Å². The van der Waals surface area contributed by atoms with Crippen molar-refractivity contribution in [2.24, 2.45) is 0 Å². The lowest BCUT2D eigenvalue weighted by Crippen LogP contribution is -2.47. The molecule has 2 heterocycles. The van der Waals surface area contributed by atoms with Crippen molar-refractivity contribution in [2.75, 3.05) is 6.54 Å². The molecule has 1 aromatic carbocycles. The molecule has 24 heavy (non-hydrogen) atoms. The second-order valence-corrected chi connectivity index (χ2v) is 7.41. The number of halogens is 2. The fraction of sp³-hybridized carbons (Fsp3) is 0.500. The molecule has 1 aliphatic rings. The number of fused-ring (bicyclic) bond motifs is 1. The van der Waals surface area contributed by atoms with Crippen LogP contribution in [0.1, 0.15) is 19.3 Å². The van der Waals surface area contributed by atoms with E-state index in [1.807, 2.05) is 0 Å². The molecule has 1 saturated heterocycles. The van der Waals surface area contributed by atoms with Crippen LogP contribution in [0.4, 0.5) is 0 Å². The molecule has 8 heteroatoms. The molecule has 0 spiro atoms. The van der Waals surface area contributed by atoms with Crippen molar-refractivity contribution in [1.29, 1.82) is 0 Å². The van der Waals surface area contributed by atoms with Gasteiger partial charge in [-0.05, 0) is 53.9 Å². The van der Waals surface area contributed by atoms with Gasteiger partial charge in [0.15, 0.2) is 0 Å². The fourth-order valence-electron chi connectivity index (χ4n) is 3.05. The summed E-state index contributed by atoms with van der Waals surface area (Å²) in [6.45, 7) is 0.958. The topological polar surface area (TPSA) is 87.4 Å². The molecule has 0 amide bonds. The number of benzene rings is 1. The minimum absolute atomic E-state index is 0.125. The molecule has 3 rings (SSSR count). The Morgan fingerprint density at radius 3 is 3.04 bits per heavy atom. The lowest BCUT2D eigenvalue weighted by Gasteiger charge is -2.30. The number of nitrogens with one attached hydrogen (secondary N) is 1. The number of aliphatic hydroxyl groups excluding tert-OH is 2. The summed E-state index contributed by atoms with van der Waals surface area (Å²) in [5, 5.41) is 24.3. The molecular weight excluding hydrogens is 398 g/mol. The molecule has 0 bridgehead atoms. The van der Waals surface area contributed by atoms with Crippen LogP contribution in [0.5, 0.6) is 0 Å². The summed E-state index contributed by atoms with van der Waals surface area (Å²) in [5.74, 6) is 0. The van der Waals surface area contributed by atoms with Crippen molar-refractivity contribution in [3.05, 3.63) is 38.3 Å². The molecule has 3 N–H and O–H groups in total. The van der Waals surface area contributed by atoms with E-state index in [2.05, 4.69) is 26.2 Å². The Bertz CT molecular complexity index is 798. The van der Waals surface area contributed by atoms with Crippen LogP contribution in [0.3, 0.4) is 0 Å². The highest BCUT2D eigenvalue weighted by molar-refractivity contribution is 9.10. The third-order valence-electron chi connectivity index (χ3n) is 4.35. The van der Waals surface area contributed by atoms with Gasteiger partial charge in [0.05, 0.1) is 41.0 Å². The van der Waals surface area contributed by atoms with Crippen molar-refractivity contribution >= 4 is 38.4 Å². The number of hydrogen-bond donors (Lipinski definition) is 3. The molecule has 2 aromatic rings. The van der Waals surface area contributed by atoms with Crippen molar-refractivity contribution in [1.82, 2.24) is 14.9 Å². The second-order valence-electron chi connectivity index (χ2n) is 6.15. The SMILES string of the molecule is O=c1c2cc(Cl)c(Br)cc2ncn1CC(O)C[C@H]1NCCC[C@@H]1O. The maximum Gasteiger partial charge on any atom is 0.261 e. The van der Waals surface area contributed by atoms with Crippen molar-refractivity contribution < 1.29 is 10.2 Å². The van der Waals surface area contributed by atoms with Crippen molar-refractivity contribution in [3.8, 4) is 0 Å². The van der Waals surface area contributed by atoms with Gasteiger partial charge in [0.1, 0.15) is 0 Å². The normalized spacial score (nSPS) is 22.7. The van der Waals surface area contributed by atoms with E-state index >= 15 is 0 Å². The Morgan fingerprint density at radius 1 is 1.50 bits per heavy atom. The number of hydrogen-bond acceptors (Lipinski definition) is 5. The largest absolute Gasteiger partial charge is 0.392 e. The van der Waals surface area contributed by atoms with Crippen molar-refractivity contribution in [2.45, 2.75) is 44.1 Å². The fourth-order valence-corrected chi connectivity index (χ4v) is 3.55. The zero-order chi connectivity index (χ0) is 17.3. The Balaban J connectivity index is 1.78. The molecule has 0 aliphatic carbocycles. The average Bonchev–Trinajstić information content (AvgIpc) is 2.54. The Morgan fingerprint density at radius 2 is 2.29 bits per heavy atom. The van der Waals surface area contributed by atoms with Gasteiger partial charge in [-0.15, -0.1) is 0 Å². The summed E-state index contributed by atoms with van der Waals surface area (Å²) in [4.78, 5) is 16.8. The highest BCUT2D eigenvalue weighted by Gasteiger charge is 2.25. The lowest BCUT2D eigenvalue weighted by atomic mass is 9.96. The summed E-state index contributed by atoms with van der Waals surface area (Å²) in [7, 11) is 0. The number of piperidine rings is 1. The van der Waals surface area contributed by atoms with E-state index in [4.69, 9.17) is 11.6 Å². The molecule has 1 unspecified atom stereocenters. The summed E-state index contributed by atoms with van der Waals surface area (Å²) in [6, 6.07) is 3.12. The van der Waals surface area contributed by atoms with Gasteiger partial charge in [-0.25, -0.2) is 4.98 Å². The van der Waals surface area contributed by atoms with Crippen LogP contribution in [0.2, 0.25) is 5.02 Å². The summed E-state index contributed by atoms with van der Waals surface area (Å²) in [6.07, 6.45) is 2.26. The molecule has 130 valence electrons. The number of aromatic nitrogens is 2. The van der Waals surface area contributed by atoms with E-state index in [1.165, 1.54) is 10.9 Å². The standard InChI is InChI=1S/C16H19BrClN3O3/c17-11-6-13-10(5-12(11)18)16(24)21(8-20-13)7-9(22)4-14-15(23)2-1-3-19-14/h5-6,8-9,14-15,19,22-23H,1-4,7H2/t9?,14-,15+/m1/s1. The van der Waals surface area contributed by atoms with Crippen LogP contribution in [0.25, 0.3) is 10.9 Å². The van der Waals surface area contributed by atoms with Crippen LogP contribution < -0.4 is 10.9 Å². The quantitative estimate of drug-likeness (QED) is 0.706. The molecular formula is C16H19BrClN3O3. The molecule has 6 nitrogen and oxygen atoms in total. The minimum atomic E-state index is -0.752. The highest BCUT2D eigenvalue weighted by atomic mass is 79.9. The monoisotopic (exact) mass is 415 g/mol. The first kappa shape index (κ1) is 17.8. The molecule has 1 aromatic heterocycles. The third kappa shape index (κ3) is 3.81. The van der Waals surface area contributed by atoms with Gasteiger partial charge in [-0.3, -0.25) is 9.36 Å². The maximum absolute atomic E-state index is 12.6. The second kappa shape index (κ2) is 7.49. The van der Waals surface area contributed by atoms with Gasteiger partial charge in [0, 0.05) is 10.5 Å². The van der Waals surface area contributed by atoms with Crippen LogP contribution >= 0.6 is 27.5 Å². The predicted molar refractivity (Wildman–Crippen MR) is 96.4 cm³/mol. The van der Waals surface area contributed by atoms with Crippen LogP contribution in [0.15, 0.2) is 27.7 Å². The maximum atomic E-state index is 12.6. The van der Waals surface area contributed by atoms with E-state index < -0.39 is 12.2 Å². The first-order valence-corrected chi connectivity index (χ1v) is 9.06. The first-order valence-electron chi connectivity index (χ1n) is 7.89.